The number of hydrogen-bond donors (Lipinski definition) is 0. The first-order chi connectivity index (χ1) is 6.47. The van der Waals surface area contributed by atoms with Crippen LogP contribution in [-0.2, 0) is 14.3 Å². The Morgan fingerprint density at radius 2 is 2.00 bits per heavy atom. The van der Waals surface area contributed by atoms with E-state index in [1.165, 1.54) is 0 Å². The average Bonchev–Trinajstić information content (AvgIpc) is 2.11. The third-order valence-electron chi connectivity index (χ3n) is 1.69. The average molecular weight is 200 g/mol. The highest BCUT2D eigenvalue weighted by Gasteiger charge is 2.13. The van der Waals surface area contributed by atoms with Gasteiger partial charge in [0.2, 0.25) is 0 Å². The van der Waals surface area contributed by atoms with E-state index < -0.39 is 0 Å². The van der Waals surface area contributed by atoms with Gasteiger partial charge in [0.25, 0.3) is 0 Å². The van der Waals surface area contributed by atoms with Crippen LogP contribution in [-0.4, -0.2) is 24.8 Å². The summed E-state index contributed by atoms with van der Waals surface area (Å²) in [7, 11) is 0. The molecule has 82 valence electrons. The number of esters is 1. The zero-order chi connectivity index (χ0) is 11.1. The van der Waals surface area contributed by atoms with E-state index in [0.717, 1.165) is 6.42 Å². The third-order valence-corrected chi connectivity index (χ3v) is 1.69. The Bertz CT molecular complexity index is 197. The SMILES string of the molecule is C=C(C)C(=O)OC(CC)COC(C)C. The van der Waals surface area contributed by atoms with E-state index in [9.17, 15) is 4.79 Å². The molecule has 0 aromatic rings. The lowest BCUT2D eigenvalue weighted by Crippen LogP contribution is -2.24. The maximum Gasteiger partial charge on any atom is 0.333 e. The first-order valence-electron chi connectivity index (χ1n) is 4.95. The van der Waals surface area contributed by atoms with Crippen LogP contribution < -0.4 is 0 Å². The van der Waals surface area contributed by atoms with E-state index in [4.69, 9.17) is 9.47 Å². The molecule has 0 spiro atoms. The molecule has 0 rings (SSSR count). The minimum atomic E-state index is -0.343. The molecule has 0 fully saturated rings. The van der Waals surface area contributed by atoms with Gasteiger partial charge in [-0.15, -0.1) is 0 Å². The molecule has 3 heteroatoms. The van der Waals surface area contributed by atoms with E-state index in [-0.39, 0.29) is 18.2 Å². The molecule has 14 heavy (non-hydrogen) atoms. The standard InChI is InChI=1S/C11H20O3/c1-6-10(7-13-9(4)5)14-11(12)8(2)3/h9-10H,2,6-7H2,1,3-5H3. The molecular weight excluding hydrogens is 180 g/mol. The number of carbonyl (C=O) groups excluding carboxylic acids is 1. The molecule has 0 bridgehead atoms. The normalized spacial score (nSPS) is 12.6. The van der Waals surface area contributed by atoms with Crippen LogP contribution in [0.25, 0.3) is 0 Å². The Hall–Kier alpha value is -0.830. The van der Waals surface area contributed by atoms with Crippen molar-refractivity contribution < 1.29 is 14.3 Å². The molecule has 0 N–H and O–H groups in total. The summed E-state index contributed by atoms with van der Waals surface area (Å²) >= 11 is 0. The van der Waals surface area contributed by atoms with Crippen LogP contribution in [0.15, 0.2) is 12.2 Å². The van der Waals surface area contributed by atoms with Crippen LogP contribution in [0.1, 0.15) is 34.1 Å². The van der Waals surface area contributed by atoms with Crippen molar-refractivity contribution in [3.8, 4) is 0 Å². The van der Waals surface area contributed by atoms with E-state index >= 15 is 0 Å². The van der Waals surface area contributed by atoms with Crippen molar-refractivity contribution in [3.63, 3.8) is 0 Å². The molecule has 0 aliphatic heterocycles. The number of hydrogen-bond acceptors (Lipinski definition) is 3. The lowest BCUT2D eigenvalue weighted by Gasteiger charge is -2.17. The molecule has 1 unspecified atom stereocenters. The largest absolute Gasteiger partial charge is 0.457 e. The summed E-state index contributed by atoms with van der Waals surface area (Å²) in [5.74, 6) is -0.343. The van der Waals surface area contributed by atoms with Crippen molar-refractivity contribution >= 4 is 5.97 Å². The van der Waals surface area contributed by atoms with E-state index in [1.54, 1.807) is 6.92 Å². The van der Waals surface area contributed by atoms with Crippen molar-refractivity contribution in [3.05, 3.63) is 12.2 Å². The van der Waals surface area contributed by atoms with Gasteiger partial charge < -0.3 is 9.47 Å². The molecular formula is C11H20O3. The second-order valence-corrected chi connectivity index (χ2v) is 3.60. The summed E-state index contributed by atoms with van der Waals surface area (Å²) in [6.45, 7) is 11.5. The van der Waals surface area contributed by atoms with Gasteiger partial charge in [-0.25, -0.2) is 4.79 Å². The van der Waals surface area contributed by atoms with E-state index in [1.807, 2.05) is 20.8 Å². The van der Waals surface area contributed by atoms with Crippen LogP contribution in [0.4, 0.5) is 0 Å². The van der Waals surface area contributed by atoms with E-state index in [0.29, 0.717) is 12.2 Å². The minimum absolute atomic E-state index is 0.160. The van der Waals surface area contributed by atoms with Crippen LogP contribution in [0.5, 0.6) is 0 Å². The Balaban J connectivity index is 3.90. The van der Waals surface area contributed by atoms with Crippen molar-refractivity contribution in [1.82, 2.24) is 0 Å². The Morgan fingerprint density at radius 3 is 2.36 bits per heavy atom. The molecule has 0 heterocycles. The van der Waals surface area contributed by atoms with Crippen molar-refractivity contribution in [2.24, 2.45) is 0 Å². The molecule has 0 saturated heterocycles. The van der Waals surface area contributed by atoms with Crippen molar-refractivity contribution in [1.29, 1.82) is 0 Å². The molecule has 0 aliphatic carbocycles. The number of carbonyl (C=O) groups is 1. The van der Waals surface area contributed by atoms with Gasteiger partial charge in [0, 0.05) is 5.57 Å². The smallest absolute Gasteiger partial charge is 0.333 e. The van der Waals surface area contributed by atoms with Crippen LogP contribution >= 0.6 is 0 Å². The molecule has 0 aromatic heterocycles. The first-order valence-corrected chi connectivity index (χ1v) is 4.95. The minimum Gasteiger partial charge on any atom is -0.457 e. The molecule has 0 amide bonds. The lowest BCUT2D eigenvalue weighted by atomic mass is 10.3. The van der Waals surface area contributed by atoms with Crippen molar-refractivity contribution in [2.75, 3.05) is 6.61 Å². The number of ether oxygens (including phenoxy) is 2. The topological polar surface area (TPSA) is 35.5 Å². The van der Waals surface area contributed by atoms with Gasteiger partial charge in [-0.05, 0) is 27.2 Å². The first kappa shape index (κ1) is 13.2. The molecule has 0 saturated carbocycles. The van der Waals surface area contributed by atoms with Gasteiger partial charge >= 0.3 is 5.97 Å². The molecule has 0 aromatic carbocycles. The van der Waals surface area contributed by atoms with Gasteiger partial charge in [0.15, 0.2) is 0 Å². The molecule has 1 atom stereocenters. The summed E-state index contributed by atoms with van der Waals surface area (Å²) < 4.78 is 10.5. The Morgan fingerprint density at radius 1 is 1.43 bits per heavy atom. The Labute approximate surface area is 86.1 Å². The van der Waals surface area contributed by atoms with Gasteiger partial charge in [-0.1, -0.05) is 13.5 Å². The number of rotatable bonds is 6. The highest BCUT2D eigenvalue weighted by molar-refractivity contribution is 5.87. The van der Waals surface area contributed by atoms with E-state index in [2.05, 4.69) is 6.58 Å². The maximum absolute atomic E-state index is 11.2. The summed E-state index contributed by atoms with van der Waals surface area (Å²) in [5.41, 5.74) is 0.424. The second kappa shape index (κ2) is 6.60. The second-order valence-electron chi connectivity index (χ2n) is 3.60. The van der Waals surface area contributed by atoms with Gasteiger partial charge in [-0.2, -0.15) is 0 Å². The summed E-state index contributed by atoms with van der Waals surface area (Å²) in [6, 6.07) is 0. The van der Waals surface area contributed by atoms with Crippen molar-refractivity contribution in [2.45, 2.75) is 46.3 Å². The monoisotopic (exact) mass is 200 g/mol. The van der Waals surface area contributed by atoms with Crippen LogP contribution in [0, 0.1) is 0 Å². The zero-order valence-corrected chi connectivity index (χ0v) is 9.50. The van der Waals surface area contributed by atoms with Gasteiger partial charge in [-0.3, -0.25) is 0 Å². The molecule has 3 nitrogen and oxygen atoms in total. The van der Waals surface area contributed by atoms with Crippen LogP contribution in [0.2, 0.25) is 0 Å². The summed E-state index contributed by atoms with van der Waals surface area (Å²) in [6.07, 6.45) is 0.750. The third kappa shape index (κ3) is 5.75. The van der Waals surface area contributed by atoms with Gasteiger partial charge in [0.1, 0.15) is 6.10 Å². The quantitative estimate of drug-likeness (QED) is 0.487. The van der Waals surface area contributed by atoms with Gasteiger partial charge in [0.05, 0.1) is 12.7 Å². The zero-order valence-electron chi connectivity index (χ0n) is 9.50. The fourth-order valence-corrected chi connectivity index (χ4v) is 0.787. The Kier molecular flexibility index (Phi) is 6.21. The molecule has 0 aliphatic rings. The lowest BCUT2D eigenvalue weighted by molar-refractivity contribution is -0.148. The summed E-state index contributed by atoms with van der Waals surface area (Å²) in [5, 5.41) is 0. The predicted octanol–water partition coefficient (Wildman–Crippen LogP) is 2.31. The maximum atomic E-state index is 11.2. The molecule has 0 radical (unpaired) electrons. The van der Waals surface area contributed by atoms with Crippen LogP contribution in [0.3, 0.4) is 0 Å². The fraction of sp³-hybridized carbons (Fsp3) is 0.727. The summed E-state index contributed by atoms with van der Waals surface area (Å²) in [4.78, 5) is 11.2. The highest BCUT2D eigenvalue weighted by Crippen LogP contribution is 2.04. The highest BCUT2D eigenvalue weighted by atomic mass is 16.6. The fourth-order valence-electron chi connectivity index (χ4n) is 0.787. The predicted molar refractivity (Wildman–Crippen MR) is 56.1 cm³/mol.